The number of anilines is 2. The Bertz CT molecular complexity index is 685. The van der Waals surface area contributed by atoms with Gasteiger partial charge in [0.05, 0.1) is 4.92 Å². The van der Waals surface area contributed by atoms with Gasteiger partial charge in [0, 0.05) is 18.8 Å². The molecule has 1 aromatic heterocycles. The van der Waals surface area contributed by atoms with E-state index >= 15 is 0 Å². The van der Waals surface area contributed by atoms with E-state index in [1.54, 1.807) is 7.05 Å². The van der Waals surface area contributed by atoms with Gasteiger partial charge < -0.3 is 5.32 Å². The molecule has 0 saturated carbocycles. The summed E-state index contributed by atoms with van der Waals surface area (Å²) in [6.45, 7) is 1.92. The zero-order valence-electron chi connectivity index (χ0n) is 11.4. The summed E-state index contributed by atoms with van der Waals surface area (Å²) in [7, 11) is 1.67. The normalized spacial score (nSPS) is 10.2. The summed E-state index contributed by atoms with van der Waals surface area (Å²) in [6, 6.07) is 4.25. The fourth-order valence-corrected chi connectivity index (χ4v) is 2.32. The number of hydrogen-bond acceptors (Lipinski definition) is 7. The highest BCUT2D eigenvalue weighted by molar-refractivity contribution is 7.15. The van der Waals surface area contributed by atoms with Crippen LogP contribution < -0.4 is 10.6 Å². The summed E-state index contributed by atoms with van der Waals surface area (Å²) in [5, 5.41) is 25.2. The maximum absolute atomic E-state index is 12.2. The SMILES string of the molecule is CCc1nnc(NC(=O)c2cc(NC)ccc2[N+](=O)[O-])s1. The molecule has 0 fully saturated rings. The molecule has 1 heterocycles. The lowest BCUT2D eigenvalue weighted by Gasteiger charge is -2.05. The van der Waals surface area contributed by atoms with Crippen LogP contribution in [0.3, 0.4) is 0 Å². The largest absolute Gasteiger partial charge is 0.388 e. The lowest BCUT2D eigenvalue weighted by atomic mass is 10.1. The highest BCUT2D eigenvalue weighted by atomic mass is 32.1. The molecule has 2 rings (SSSR count). The average Bonchev–Trinajstić information content (AvgIpc) is 2.94. The van der Waals surface area contributed by atoms with Crippen molar-refractivity contribution in [1.29, 1.82) is 0 Å². The molecular weight excluding hydrogens is 294 g/mol. The highest BCUT2D eigenvalue weighted by Crippen LogP contribution is 2.24. The molecule has 2 N–H and O–H groups in total. The number of hydrogen-bond donors (Lipinski definition) is 2. The molecule has 0 aliphatic carbocycles. The fraction of sp³-hybridized carbons (Fsp3) is 0.250. The third-order valence-electron chi connectivity index (χ3n) is 2.72. The third-order valence-corrected chi connectivity index (χ3v) is 3.70. The Labute approximate surface area is 124 Å². The Kier molecular flexibility index (Phi) is 4.43. The minimum absolute atomic E-state index is 0.0277. The Morgan fingerprint density at radius 3 is 2.76 bits per heavy atom. The highest BCUT2D eigenvalue weighted by Gasteiger charge is 2.21. The number of nitrogens with zero attached hydrogens (tertiary/aromatic N) is 3. The van der Waals surface area contributed by atoms with Crippen molar-refractivity contribution in [1.82, 2.24) is 10.2 Å². The first-order valence-electron chi connectivity index (χ1n) is 6.15. The number of carbonyl (C=O) groups excluding carboxylic acids is 1. The Balaban J connectivity index is 2.30. The molecule has 8 nitrogen and oxygen atoms in total. The second-order valence-electron chi connectivity index (χ2n) is 4.05. The standard InChI is InChI=1S/C12H13N5O3S/c1-3-10-15-16-12(21-10)14-11(18)8-6-7(13-2)4-5-9(8)17(19)20/h4-6,13H,3H2,1-2H3,(H,14,16,18). The number of nitrogens with one attached hydrogen (secondary N) is 2. The van der Waals surface area contributed by atoms with E-state index < -0.39 is 10.8 Å². The summed E-state index contributed by atoms with van der Waals surface area (Å²) in [6.07, 6.45) is 0.711. The van der Waals surface area contributed by atoms with Crippen molar-refractivity contribution >= 4 is 33.8 Å². The Hall–Kier alpha value is -2.55. The summed E-state index contributed by atoms with van der Waals surface area (Å²) < 4.78 is 0. The second kappa shape index (κ2) is 6.27. The maximum atomic E-state index is 12.2. The molecule has 0 bridgehead atoms. The van der Waals surface area contributed by atoms with Gasteiger partial charge in [-0.3, -0.25) is 20.2 Å². The number of benzene rings is 1. The summed E-state index contributed by atoms with van der Waals surface area (Å²) in [4.78, 5) is 22.6. The first kappa shape index (κ1) is 14.9. The van der Waals surface area contributed by atoms with Gasteiger partial charge in [0.15, 0.2) is 0 Å². The van der Waals surface area contributed by atoms with E-state index in [0.29, 0.717) is 17.2 Å². The number of aryl methyl sites for hydroxylation is 1. The Morgan fingerprint density at radius 1 is 1.43 bits per heavy atom. The van der Waals surface area contributed by atoms with Gasteiger partial charge in [0.2, 0.25) is 5.13 Å². The molecule has 2 aromatic rings. The van der Waals surface area contributed by atoms with E-state index in [4.69, 9.17) is 0 Å². The molecule has 9 heteroatoms. The van der Waals surface area contributed by atoms with Crippen LogP contribution in [0, 0.1) is 10.1 Å². The van der Waals surface area contributed by atoms with Gasteiger partial charge >= 0.3 is 0 Å². The van der Waals surface area contributed by atoms with Crippen molar-refractivity contribution in [2.75, 3.05) is 17.7 Å². The second-order valence-corrected chi connectivity index (χ2v) is 5.11. The van der Waals surface area contributed by atoms with E-state index in [2.05, 4.69) is 20.8 Å². The van der Waals surface area contributed by atoms with Crippen LogP contribution in [0.25, 0.3) is 0 Å². The predicted molar refractivity (Wildman–Crippen MR) is 79.9 cm³/mol. The fourth-order valence-electron chi connectivity index (χ4n) is 1.64. The molecule has 0 saturated heterocycles. The van der Waals surface area contributed by atoms with E-state index in [1.165, 1.54) is 29.5 Å². The minimum Gasteiger partial charge on any atom is -0.388 e. The molecular formula is C12H13N5O3S. The van der Waals surface area contributed by atoms with E-state index in [9.17, 15) is 14.9 Å². The van der Waals surface area contributed by atoms with Crippen molar-refractivity contribution in [2.24, 2.45) is 0 Å². The minimum atomic E-state index is -0.591. The van der Waals surface area contributed by atoms with Crippen LogP contribution in [-0.2, 0) is 6.42 Å². The number of nitro groups is 1. The lowest BCUT2D eigenvalue weighted by molar-refractivity contribution is -0.385. The third kappa shape index (κ3) is 3.31. The maximum Gasteiger partial charge on any atom is 0.282 e. The topological polar surface area (TPSA) is 110 Å². The first-order valence-corrected chi connectivity index (χ1v) is 6.96. The lowest BCUT2D eigenvalue weighted by Crippen LogP contribution is -2.14. The zero-order valence-corrected chi connectivity index (χ0v) is 12.2. The van der Waals surface area contributed by atoms with Crippen LogP contribution in [0.4, 0.5) is 16.5 Å². The van der Waals surface area contributed by atoms with Crippen molar-refractivity contribution in [2.45, 2.75) is 13.3 Å². The quantitative estimate of drug-likeness (QED) is 0.648. The monoisotopic (exact) mass is 307 g/mol. The van der Waals surface area contributed by atoms with Crippen LogP contribution in [-0.4, -0.2) is 28.1 Å². The molecule has 110 valence electrons. The van der Waals surface area contributed by atoms with E-state index in [1.807, 2.05) is 6.92 Å². The number of amides is 1. The van der Waals surface area contributed by atoms with E-state index in [0.717, 1.165) is 5.01 Å². The van der Waals surface area contributed by atoms with Crippen LogP contribution in [0.2, 0.25) is 0 Å². The molecule has 0 spiro atoms. The van der Waals surface area contributed by atoms with Crippen LogP contribution in [0.5, 0.6) is 0 Å². The summed E-state index contributed by atoms with van der Waals surface area (Å²) >= 11 is 1.24. The van der Waals surface area contributed by atoms with Crippen molar-refractivity contribution in [3.05, 3.63) is 38.9 Å². The number of carbonyl (C=O) groups is 1. The van der Waals surface area contributed by atoms with Crippen molar-refractivity contribution < 1.29 is 9.72 Å². The zero-order chi connectivity index (χ0) is 15.4. The number of rotatable bonds is 5. The van der Waals surface area contributed by atoms with Gasteiger partial charge in [0.25, 0.3) is 11.6 Å². The van der Waals surface area contributed by atoms with Crippen LogP contribution >= 0.6 is 11.3 Å². The predicted octanol–water partition coefficient (Wildman–Crippen LogP) is 2.30. The first-order chi connectivity index (χ1) is 10.0. The van der Waals surface area contributed by atoms with Gasteiger partial charge in [-0.1, -0.05) is 18.3 Å². The molecule has 21 heavy (non-hydrogen) atoms. The van der Waals surface area contributed by atoms with Crippen LogP contribution in [0.15, 0.2) is 18.2 Å². The van der Waals surface area contributed by atoms with Gasteiger partial charge in [0.1, 0.15) is 10.6 Å². The van der Waals surface area contributed by atoms with E-state index in [-0.39, 0.29) is 11.3 Å². The number of nitro benzene ring substituents is 1. The van der Waals surface area contributed by atoms with Crippen LogP contribution in [0.1, 0.15) is 22.3 Å². The average molecular weight is 307 g/mol. The van der Waals surface area contributed by atoms with Gasteiger partial charge in [-0.05, 0) is 18.6 Å². The molecule has 0 aliphatic rings. The van der Waals surface area contributed by atoms with Crippen molar-refractivity contribution in [3.8, 4) is 0 Å². The molecule has 0 aliphatic heterocycles. The molecule has 0 atom stereocenters. The van der Waals surface area contributed by atoms with Gasteiger partial charge in [-0.2, -0.15) is 0 Å². The molecule has 0 unspecified atom stereocenters. The summed E-state index contributed by atoms with van der Waals surface area (Å²) in [5.41, 5.74) is 0.323. The summed E-state index contributed by atoms with van der Waals surface area (Å²) in [5.74, 6) is -0.586. The van der Waals surface area contributed by atoms with Gasteiger partial charge in [-0.25, -0.2) is 0 Å². The van der Waals surface area contributed by atoms with Gasteiger partial charge in [-0.15, -0.1) is 10.2 Å². The molecule has 0 radical (unpaired) electrons. The van der Waals surface area contributed by atoms with Crippen molar-refractivity contribution in [3.63, 3.8) is 0 Å². The molecule has 1 aromatic carbocycles. The number of aromatic nitrogens is 2. The Morgan fingerprint density at radius 2 is 2.19 bits per heavy atom. The molecule has 1 amide bonds. The smallest absolute Gasteiger partial charge is 0.282 e.